The molecule has 30 heavy (non-hydrogen) atoms. The topological polar surface area (TPSA) is 79.9 Å². The Bertz CT molecular complexity index is 1000. The van der Waals surface area contributed by atoms with Gasteiger partial charge < -0.3 is 20.1 Å². The number of hydrogen-bond acceptors (Lipinski definition) is 5. The predicted molar refractivity (Wildman–Crippen MR) is 119 cm³/mol. The standard InChI is InChI=1S/C22H23N3O4S/c1-4-25-21(27)17(24-22(25)30)11-15-7-10-18(19(12-15)28-3)29-13-20(26)23-16-8-5-14(2)6-9-16/h5-12H,4,13H2,1-3H3,(H,23,26)(H,24,30)/b17-11+. The zero-order chi connectivity index (χ0) is 21.7. The summed E-state index contributed by atoms with van der Waals surface area (Å²) in [7, 11) is 1.51. The first-order valence-corrected chi connectivity index (χ1v) is 9.84. The van der Waals surface area contributed by atoms with Crippen LogP contribution in [-0.4, -0.2) is 42.1 Å². The van der Waals surface area contributed by atoms with Crippen molar-refractivity contribution in [1.82, 2.24) is 10.2 Å². The minimum absolute atomic E-state index is 0.162. The SMILES string of the molecule is CCN1C(=O)/C(=C\c2ccc(OCC(=O)Nc3ccc(C)cc3)c(OC)c2)NC1=S. The quantitative estimate of drug-likeness (QED) is 0.524. The molecule has 1 aliphatic heterocycles. The van der Waals surface area contributed by atoms with Gasteiger partial charge >= 0.3 is 0 Å². The second kappa shape index (κ2) is 9.41. The lowest BCUT2D eigenvalue weighted by Crippen LogP contribution is -2.30. The van der Waals surface area contributed by atoms with Crippen molar-refractivity contribution >= 4 is 40.9 Å². The van der Waals surface area contributed by atoms with Crippen LogP contribution in [0.25, 0.3) is 6.08 Å². The summed E-state index contributed by atoms with van der Waals surface area (Å²) in [5.74, 6) is 0.429. The minimum atomic E-state index is -0.277. The number of nitrogens with zero attached hydrogens (tertiary/aromatic N) is 1. The first kappa shape index (κ1) is 21.3. The average Bonchev–Trinajstić information content (AvgIpc) is 3.00. The van der Waals surface area contributed by atoms with Crippen LogP contribution in [0.4, 0.5) is 5.69 Å². The molecule has 0 bridgehead atoms. The number of methoxy groups -OCH3 is 1. The Labute approximate surface area is 180 Å². The van der Waals surface area contributed by atoms with E-state index in [2.05, 4.69) is 10.6 Å². The zero-order valence-corrected chi connectivity index (χ0v) is 17.8. The summed E-state index contributed by atoms with van der Waals surface area (Å²) in [4.78, 5) is 26.0. The van der Waals surface area contributed by atoms with Crippen molar-refractivity contribution in [3.8, 4) is 11.5 Å². The van der Waals surface area contributed by atoms with Gasteiger partial charge in [0.1, 0.15) is 5.70 Å². The molecule has 7 nitrogen and oxygen atoms in total. The van der Waals surface area contributed by atoms with E-state index in [0.717, 1.165) is 11.1 Å². The highest BCUT2D eigenvalue weighted by Gasteiger charge is 2.29. The number of benzene rings is 2. The van der Waals surface area contributed by atoms with E-state index in [1.807, 2.05) is 38.1 Å². The summed E-state index contributed by atoms with van der Waals surface area (Å²) < 4.78 is 11.0. The second-order valence-electron chi connectivity index (χ2n) is 6.65. The van der Waals surface area contributed by atoms with Gasteiger partial charge in [0.25, 0.3) is 11.8 Å². The number of aryl methyl sites for hydroxylation is 1. The van der Waals surface area contributed by atoms with Gasteiger partial charge in [-0.3, -0.25) is 14.5 Å². The molecule has 2 aromatic rings. The number of carbonyl (C=O) groups is 2. The van der Waals surface area contributed by atoms with Crippen molar-refractivity contribution in [3.05, 3.63) is 59.3 Å². The Hall–Kier alpha value is -3.39. The number of rotatable bonds is 7. The number of anilines is 1. The van der Waals surface area contributed by atoms with Crippen molar-refractivity contribution < 1.29 is 19.1 Å². The third-order valence-corrected chi connectivity index (χ3v) is 4.79. The van der Waals surface area contributed by atoms with Crippen molar-refractivity contribution in [2.24, 2.45) is 0 Å². The monoisotopic (exact) mass is 425 g/mol. The first-order valence-electron chi connectivity index (χ1n) is 9.43. The molecule has 3 rings (SSSR count). The van der Waals surface area contributed by atoms with Gasteiger partial charge in [-0.1, -0.05) is 23.8 Å². The maximum Gasteiger partial charge on any atom is 0.276 e. The van der Waals surface area contributed by atoms with E-state index in [9.17, 15) is 9.59 Å². The van der Waals surface area contributed by atoms with Crippen LogP contribution in [0.5, 0.6) is 11.5 Å². The van der Waals surface area contributed by atoms with Crippen molar-refractivity contribution in [1.29, 1.82) is 0 Å². The van der Waals surface area contributed by atoms with E-state index >= 15 is 0 Å². The minimum Gasteiger partial charge on any atom is -0.493 e. The van der Waals surface area contributed by atoms with Gasteiger partial charge in [-0.05, 0) is 62.0 Å². The highest BCUT2D eigenvalue weighted by Crippen LogP contribution is 2.29. The maximum atomic E-state index is 12.3. The van der Waals surface area contributed by atoms with Crippen LogP contribution in [0.1, 0.15) is 18.1 Å². The van der Waals surface area contributed by atoms with E-state index in [-0.39, 0.29) is 18.4 Å². The van der Waals surface area contributed by atoms with Crippen LogP contribution in [0, 0.1) is 6.92 Å². The fourth-order valence-electron chi connectivity index (χ4n) is 2.90. The highest BCUT2D eigenvalue weighted by atomic mass is 32.1. The summed E-state index contributed by atoms with van der Waals surface area (Å²) in [6.07, 6.45) is 1.70. The Kier molecular flexibility index (Phi) is 6.68. The molecule has 2 amide bonds. The third kappa shape index (κ3) is 4.96. The lowest BCUT2D eigenvalue weighted by atomic mass is 10.1. The molecule has 2 aromatic carbocycles. The highest BCUT2D eigenvalue weighted by molar-refractivity contribution is 7.80. The Morgan fingerprint density at radius 2 is 1.93 bits per heavy atom. The molecule has 156 valence electrons. The fourth-order valence-corrected chi connectivity index (χ4v) is 3.22. The number of carbonyl (C=O) groups excluding carboxylic acids is 2. The lowest BCUT2D eigenvalue weighted by Gasteiger charge is -2.12. The summed E-state index contributed by atoms with van der Waals surface area (Å²) >= 11 is 5.16. The molecular weight excluding hydrogens is 402 g/mol. The van der Waals surface area contributed by atoms with Crippen LogP contribution in [-0.2, 0) is 9.59 Å². The number of thiocarbonyl (C=S) groups is 1. The zero-order valence-electron chi connectivity index (χ0n) is 17.0. The predicted octanol–water partition coefficient (Wildman–Crippen LogP) is 3.10. The molecule has 8 heteroatoms. The van der Waals surface area contributed by atoms with E-state index in [4.69, 9.17) is 21.7 Å². The van der Waals surface area contributed by atoms with Crippen molar-refractivity contribution in [2.45, 2.75) is 13.8 Å². The largest absolute Gasteiger partial charge is 0.493 e. The summed E-state index contributed by atoms with van der Waals surface area (Å²) in [6.45, 7) is 4.18. The maximum absolute atomic E-state index is 12.3. The molecule has 0 aromatic heterocycles. The van der Waals surface area contributed by atoms with Gasteiger partial charge in [0, 0.05) is 12.2 Å². The van der Waals surface area contributed by atoms with Gasteiger partial charge in [0.15, 0.2) is 23.2 Å². The number of amides is 2. The van der Waals surface area contributed by atoms with Crippen LogP contribution in [0.3, 0.4) is 0 Å². The lowest BCUT2D eigenvalue weighted by molar-refractivity contribution is -0.122. The third-order valence-electron chi connectivity index (χ3n) is 4.47. The van der Waals surface area contributed by atoms with Crippen molar-refractivity contribution in [3.63, 3.8) is 0 Å². The molecule has 0 atom stereocenters. The number of ether oxygens (including phenoxy) is 2. The fraction of sp³-hybridized carbons (Fsp3) is 0.227. The Morgan fingerprint density at radius 3 is 2.57 bits per heavy atom. The molecule has 0 spiro atoms. The number of likely N-dealkylation sites (N-methyl/N-ethyl adjacent to an activating group) is 1. The van der Waals surface area contributed by atoms with Crippen LogP contribution in [0.15, 0.2) is 48.2 Å². The average molecular weight is 426 g/mol. The molecule has 1 saturated heterocycles. The van der Waals surface area contributed by atoms with Gasteiger partial charge in [-0.15, -0.1) is 0 Å². The van der Waals surface area contributed by atoms with E-state index in [0.29, 0.717) is 34.5 Å². The summed E-state index contributed by atoms with van der Waals surface area (Å²) in [5, 5.41) is 6.08. The molecular formula is C22H23N3O4S. The van der Waals surface area contributed by atoms with Gasteiger partial charge in [-0.25, -0.2) is 0 Å². The van der Waals surface area contributed by atoms with Gasteiger partial charge in [-0.2, -0.15) is 0 Å². The molecule has 2 N–H and O–H groups in total. The first-order chi connectivity index (χ1) is 14.4. The molecule has 0 unspecified atom stereocenters. The molecule has 0 saturated carbocycles. The Morgan fingerprint density at radius 1 is 1.20 bits per heavy atom. The van der Waals surface area contributed by atoms with E-state index < -0.39 is 0 Å². The van der Waals surface area contributed by atoms with Gasteiger partial charge in [0.2, 0.25) is 0 Å². The number of hydrogen-bond donors (Lipinski definition) is 2. The second-order valence-corrected chi connectivity index (χ2v) is 7.04. The summed E-state index contributed by atoms with van der Waals surface area (Å²) in [5.41, 5.74) is 2.95. The summed E-state index contributed by atoms with van der Waals surface area (Å²) in [6, 6.07) is 12.7. The molecule has 1 fully saturated rings. The van der Waals surface area contributed by atoms with Crippen LogP contribution >= 0.6 is 12.2 Å². The van der Waals surface area contributed by atoms with E-state index in [1.54, 1.807) is 24.3 Å². The van der Waals surface area contributed by atoms with Crippen LogP contribution < -0.4 is 20.1 Å². The molecule has 1 heterocycles. The molecule has 0 radical (unpaired) electrons. The molecule has 0 aliphatic carbocycles. The normalized spacial score (nSPS) is 14.6. The van der Waals surface area contributed by atoms with E-state index in [1.165, 1.54) is 12.0 Å². The van der Waals surface area contributed by atoms with Crippen LogP contribution in [0.2, 0.25) is 0 Å². The Balaban J connectivity index is 1.66. The van der Waals surface area contributed by atoms with Crippen molar-refractivity contribution in [2.75, 3.05) is 25.6 Å². The molecule has 1 aliphatic rings. The van der Waals surface area contributed by atoms with Gasteiger partial charge in [0.05, 0.1) is 7.11 Å². The smallest absolute Gasteiger partial charge is 0.276 e. The number of nitrogens with one attached hydrogen (secondary N) is 2.